The van der Waals surface area contributed by atoms with Crippen LogP contribution in [0.5, 0.6) is 11.5 Å². The summed E-state index contributed by atoms with van der Waals surface area (Å²) in [5.74, 6) is 1.75. The van der Waals surface area contributed by atoms with E-state index < -0.39 is 0 Å². The largest absolute Gasteiger partial charge is 0.486 e. The van der Waals surface area contributed by atoms with Crippen LogP contribution in [0.25, 0.3) is 0 Å². The summed E-state index contributed by atoms with van der Waals surface area (Å²) in [6, 6.07) is 6.04. The second kappa shape index (κ2) is 8.02. The highest BCUT2D eigenvalue weighted by atomic mass is 16.6. The molecule has 4 nitrogen and oxygen atoms in total. The van der Waals surface area contributed by atoms with Crippen molar-refractivity contribution in [1.29, 1.82) is 0 Å². The van der Waals surface area contributed by atoms with Crippen LogP contribution in [-0.4, -0.2) is 33.0 Å². The molecule has 0 saturated carbocycles. The van der Waals surface area contributed by atoms with E-state index in [2.05, 4.69) is 18.3 Å². The monoisotopic (exact) mass is 265 g/mol. The Bertz CT molecular complexity index is 382. The first-order valence-electron chi connectivity index (χ1n) is 7.07. The molecule has 4 heteroatoms. The molecule has 1 heterocycles. The van der Waals surface area contributed by atoms with Gasteiger partial charge in [0.15, 0.2) is 11.5 Å². The van der Waals surface area contributed by atoms with Crippen molar-refractivity contribution in [3.8, 4) is 11.5 Å². The second-order valence-electron chi connectivity index (χ2n) is 4.58. The van der Waals surface area contributed by atoms with Gasteiger partial charge in [0, 0.05) is 25.3 Å². The first-order chi connectivity index (χ1) is 9.42. The van der Waals surface area contributed by atoms with Crippen LogP contribution in [-0.2, 0) is 11.3 Å². The second-order valence-corrected chi connectivity index (χ2v) is 4.58. The summed E-state index contributed by atoms with van der Waals surface area (Å²) in [6.07, 6.45) is 2.12. The van der Waals surface area contributed by atoms with E-state index in [1.165, 1.54) is 0 Å². The van der Waals surface area contributed by atoms with E-state index in [9.17, 15) is 0 Å². The van der Waals surface area contributed by atoms with Crippen molar-refractivity contribution in [2.45, 2.75) is 26.3 Å². The van der Waals surface area contributed by atoms with Gasteiger partial charge in [0.1, 0.15) is 13.2 Å². The molecule has 1 aliphatic heterocycles. The first kappa shape index (κ1) is 14.2. The minimum atomic E-state index is 0.634. The standard InChI is InChI=1S/C15H23NO3/c1-2-8-17-9-4-7-16-12-13-5-3-6-14-15(13)19-11-10-18-14/h3,5-6,16H,2,4,7-12H2,1H3. The molecule has 0 aliphatic carbocycles. The molecule has 0 spiro atoms. The van der Waals surface area contributed by atoms with Crippen LogP contribution < -0.4 is 14.8 Å². The van der Waals surface area contributed by atoms with Crippen molar-refractivity contribution in [3.63, 3.8) is 0 Å². The summed E-state index contributed by atoms with van der Waals surface area (Å²) in [5.41, 5.74) is 1.16. The van der Waals surface area contributed by atoms with Gasteiger partial charge in [0.05, 0.1) is 0 Å². The molecular formula is C15H23NO3. The molecule has 0 amide bonds. The maximum absolute atomic E-state index is 5.68. The molecule has 0 saturated heterocycles. The van der Waals surface area contributed by atoms with Crippen molar-refractivity contribution in [2.75, 3.05) is 33.0 Å². The van der Waals surface area contributed by atoms with Gasteiger partial charge < -0.3 is 19.5 Å². The molecule has 0 bridgehead atoms. The third-order valence-corrected chi connectivity index (χ3v) is 2.95. The quantitative estimate of drug-likeness (QED) is 0.733. The van der Waals surface area contributed by atoms with Gasteiger partial charge in [-0.3, -0.25) is 0 Å². The molecule has 106 valence electrons. The lowest BCUT2D eigenvalue weighted by Crippen LogP contribution is -2.20. The molecule has 0 unspecified atom stereocenters. The number of rotatable bonds is 8. The predicted molar refractivity (Wildman–Crippen MR) is 74.9 cm³/mol. The van der Waals surface area contributed by atoms with Crippen LogP contribution in [0.15, 0.2) is 18.2 Å². The summed E-state index contributed by atoms with van der Waals surface area (Å²) >= 11 is 0. The van der Waals surface area contributed by atoms with Crippen LogP contribution in [0.2, 0.25) is 0 Å². The summed E-state index contributed by atoms with van der Waals surface area (Å²) < 4.78 is 16.7. The van der Waals surface area contributed by atoms with Gasteiger partial charge >= 0.3 is 0 Å². The van der Waals surface area contributed by atoms with E-state index in [0.29, 0.717) is 13.2 Å². The fraction of sp³-hybridized carbons (Fsp3) is 0.600. The number of hydrogen-bond donors (Lipinski definition) is 1. The molecule has 1 aromatic rings. The Morgan fingerprint density at radius 2 is 2.11 bits per heavy atom. The zero-order valence-electron chi connectivity index (χ0n) is 11.6. The lowest BCUT2D eigenvalue weighted by atomic mass is 10.1. The van der Waals surface area contributed by atoms with Gasteiger partial charge in [-0.05, 0) is 25.5 Å². The van der Waals surface area contributed by atoms with E-state index in [-0.39, 0.29) is 0 Å². The van der Waals surface area contributed by atoms with Crippen molar-refractivity contribution in [3.05, 3.63) is 23.8 Å². The normalized spacial score (nSPS) is 13.5. The van der Waals surface area contributed by atoms with Gasteiger partial charge in [-0.2, -0.15) is 0 Å². The number of ether oxygens (including phenoxy) is 3. The molecule has 1 N–H and O–H groups in total. The summed E-state index contributed by atoms with van der Waals surface area (Å²) in [7, 11) is 0. The van der Waals surface area contributed by atoms with Crippen molar-refractivity contribution >= 4 is 0 Å². The fourth-order valence-electron chi connectivity index (χ4n) is 2.04. The minimum Gasteiger partial charge on any atom is -0.486 e. The van der Waals surface area contributed by atoms with Crippen molar-refractivity contribution in [2.24, 2.45) is 0 Å². The topological polar surface area (TPSA) is 39.7 Å². The van der Waals surface area contributed by atoms with Crippen LogP contribution in [0.3, 0.4) is 0 Å². The Morgan fingerprint density at radius 3 is 3.00 bits per heavy atom. The summed E-state index contributed by atoms with van der Waals surface area (Å²) in [4.78, 5) is 0. The van der Waals surface area contributed by atoms with Gasteiger partial charge in [0.2, 0.25) is 0 Å². The third kappa shape index (κ3) is 4.40. The summed E-state index contributed by atoms with van der Waals surface area (Å²) in [6.45, 7) is 6.84. The number of hydrogen-bond acceptors (Lipinski definition) is 4. The average Bonchev–Trinajstić information content (AvgIpc) is 2.46. The average molecular weight is 265 g/mol. The molecule has 0 fully saturated rings. The highest BCUT2D eigenvalue weighted by Gasteiger charge is 2.14. The van der Waals surface area contributed by atoms with Crippen LogP contribution in [0.1, 0.15) is 25.3 Å². The lowest BCUT2D eigenvalue weighted by molar-refractivity contribution is 0.132. The Hall–Kier alpha value is -1.26. The van der Waals surface area contributed by atoms with E-state index in [4.69, 9.17) is 14.2 Å². The SMILES string of the molecule is CCCOCCCNCc1cccc2c1OCCO2. The summed E-state index contributed by atoms with van der Waals surface area (Å²) in [5, 5.41) is 3.41. The van der Waals surface area contributed by atoms with E-state index in [1.807, 2.05) is 12.1 Å². The number of para-hydroxylation sites is 1. The van der Waals surface area contributed by atoms with Crippen LogP contribution in [0.4, 0.5) is 0 Å². The van der Waals surface area contributed by atoms with E-state index >= 15 is 0 Å². The molecular weight excluding hydrogens is 242 g/mol. The lowest BCUT2D eigenvalue weighted by Gasteiger charge is -2.21. The molecule has 19 heavy (non-hydrogen) atoms. The smallest absolute Gasteiger partial charge is 0.165 e. The maximum atomic E-state index is 5.68. The third-order valence-electron chi connectivity index (χ3n) is 2.95. The first-order valence-corrected chi connectivity index (χ1v) is 7.07. The van der Waals surface area contributed by atoms with Gasteiger partial charge in [0.25, 0.3) is 0 Å². The Labute approximate surface area is 115 Å². The van der Waals surface area contributed by atoms with Crippen LogP contribution in [0, 0.1) is 0 Å². The van der Waals surface area contributed by atoms with Crippen molar-refractivity contribution < 1.29 is 14.2 Å². The van der Waals surface area contributed by atoms with Gasteiger partial charge in [-0.15, -0.1) is 0 Å². The Kier molecular flexibility index (Phi) is 5.98. The number of nitrogens with one attached hydrogen (secondary N) is 1. The zero-order valence-corrected chi connectivity index (χ0v) is 11.6. The van der Waals surface area contributed by atoms with Gasteiger partial charge in [-0.25, -0.2) is 0 Å². The zero-order chi connectivity index (χ0) is 13.3. The molecule has 0 aromatic heterocycles. The van der Waals surface area contributed by atoms with Crippen LogP contribution >= 0.6 is 0 Å². The fourth-order valence-corrected chi connectivity index (χ4v) is 2.04. The molecule has 1 aliphatic rings. The predicted octanol–water partition coefficient (Wildman–Crippen LogP) is 2.36. The molecule has 0 radical (unpaired) electrons. The highest BCUT2D eigenvalue weighted by molar-refractivity contribution is 5.47. The van der Waals surface area contributed by atoms with E-state index in [1.54, 1.807) is 0 Å². The number of fused-ring (bicyclic) bond motifs is 1. The van der Waals surface area contributed by atoms with Gasteiger partial charge in [-0.1, -0.05) is 19.1 Å². The Balaban J connectivity index is 1.71. The number of benzene rings is 1. The Morgan fingerprint density at radius 1 is 1.21 bits per heavy atom. The molecule has 0 atom stereocenters. The molecule has 2 rings (SSSR count). The maximum Gasteiger partial charge on any atom is 0.165 e. The molecule has 1 aromatic carbocycles. The van der Waals surface area contributed by atoms with E-state index in [0.717, 1.165) is 56.2 Å². The minimum absolute atomic E-state index is 0.634. The highest BCUT2D eigenvalue weighted by Crippen LogP contribution is 2.33. The van der Waals surface area contributed by atoms with Crippen molar-refractivity contribution in [1.82, 2.24) is 5.32 Å².